The minimum Gasteiger partial charge on any atom is -0.180 e. The molecule has 0 unspecified atom stereocenters. The molecule has 0 fully saturated rings. The summed E-state index contributed by atoms with van der Waals surface area (Å²) in [4.78, 5) is 0. The zero-order chi connectivity index (χ0) is 6.12. The van der Waals surface area contributed by atoms with Crippen LogP contribution in [0.15, 0.2) is 0 Å². The van der Waals surface area contributed by atoms with Gasteiger partial charge in [0.1, 0.15) is 0 Å². The third-order valence-corrected chi connectivity index (χ3v) is 0.866. The van der Waals surface area contributed by atoms with Gasteiger partial charge in [0.15, 0.2) is 0 Å². The first-order valence-corrected chi connectivity index (χ1v) is 4.45. The van der Waals surface area contributed by atoms with Crippen LogP contribution < -0.4 is 0 Å². The zero-order valence-corrected chi connectivity index (χ0v) is 6.98. The fourth-order valence-corrected chi connectivity index (χ4v) is 0. The maximum Gasteiger partial charge on any atom is -0.00988 e. The molecule has 0 saturated carbocycles. The van der Waals surface area contributed by atoms with E-state index in [1.807, 2.05) is 18.7 Å². The lowest BCUT2D eigenvalue weighted by atomic mass is 11.0. The van der Waals surface area contributed by atoms with Gasteiger partial charge >= 0.3 is 0 Å². The number of thiol groups is 1. The Labute approximate surface area is 63.9 Å². The van der Waals surface area contributed by atoms with Crippen LogP contribution in [0.3, 0.4) is 0 Å². The molecule has 0 radical (unpaired) electrons. The van der Waals surface area contributed by atoms with Crippen LogP contribution in [0.2, 0.25) is 0 Å². The molecule has 0 aliphatic carbocycles. The molecule has 0 bridgehead atoms. The lowest BCUT2D eigenvalue weighted by Crippen LogP contribution is -1.52. The van der Waals surface area contributed by atoms with Gasteiger partial charge in [-0.1, -0.05) is 21.3 Å². The predicted molar refractivity (Wildman–Crippen MR) is 50.3 cm³/mol. The van der Waals surface area contributed by atoms with Crippen molar-refractivity contribution in [3.05, 3.63) is 0 Å². The SMILES string of the molecule is C.CCS.CCSC. The van der Waals surface area contributed by atoms with E-state index in [9.17, 15) is 0 Å². The molecule has 2 heteroatoms. The molecule has 0 aromatic heterocycles. The van der Waals surface area contributed by atoms with Gasteiger partial charge in [-0.05, 0) is 17.8 Å². The van der Waals surface area contributed by atoms with Gasteiger partial charge in [-0.25, -0.2) is 0 Å². The highest BCUT2D eigenvalue weighted by atomic mass is 32.2. The van der Waals surface area contributed by atoms with Crippen LogP contribution in [0.1, 0.15) is 21.3 Å². The molecular weight excluding hydrogens is 136 g/mol. The number of thioether (sulfide) groups is 1. The van der Waals surface area contributed by atoms with Crippen molar-refractivity contribution in [3.63, 3.8) is 0 Å². The van der Waals surface area contributed by atoms with Gasteiger partial charge in [-0.3, -0.25) is 0 Å². The molecule has 8 heavy (non-hydrogen) atoms. The third kappa shape index (κ3) is 75.3. The van der Waals surface area contributed by atoms with Crippen LogP contribution in [0.4, 0.5) is 0 Å². The molecule has 0 aromatic rings. The van der Waals surface area contributed by atoms with Gasteiger partial charge in [0.2, 0.25) is 0 Å². The highest BCUT2D eigenvalue weighted by Crippen LogP contribution is 1.83. The first-order valence-electron chi connectivity index (χ1n) is 2.43. The van der Waals surface area contributed by atoms with E-state index >= 15 is 0 Å². The highest BCUT2D eigenvalue weighted by molar-refractivity contribution is 7.98. The van der Waals surface area contributed by atoms with E-state index in [4.69, 9.17) is 0 Å². The normalized spacial score (nSPS) is 6.00. The molecule has 0 spiro atoms. The van der Waals surface area contributed by atoms with Crippen molar-refractivity contribution in [1.82, 2.24) is 0 Å². The Balaban J connectivity index is -0.0000000575. The van der Waals surface area contributed by atoms with Crippen molar-refractivity contribution in [2.75, 3.05) is 17.8 Å². The fraction of sp³-hybridized carbons (Fsp3) is 1.00. The molecule has 0 aliphatic heterocycles. The summed E-state index contributed by atoms with van der Waals surface area (Å²) in [5.74, 6) is 2.18. The van der Waals surface area contributed by atoms with Crippen molar-refractivity contribution in [1.29, 1.82) is 0 Å². The molecular formula is C6H18S2. The first kappa shape index (κ1) is 15.9. The Bertz CT molecular complexity index is 14.0. The van der Waals surface area contributed by atoms with Crippen LogP contribution in [0.25, 0.3) is 0 Å². The van der Waals surface area contributed by atoms with Gasteiger partial charge in [0.25, 0.3) is 0 Å². The highest BCUT2D eigenvalue weighted by Gasteiger charge is 1.55. The standard InChI is InChI=1S/C3H8S.C2H6S.CH4/c1-3-4-2;1-2-3;/h3H2,1-2H3;3H,2H2,1H3;1H4. The molecule has 0 rings (SSSR count). The second-order valence-corrected chi connectivity index (χ2v) is 2.68. The second-order valence-electron chi connectivity index (χ2n) is 0.894. The van der Waals surface area contributed by atoms with Gasteiger partial charge in [0.05, 0.1) is 0 Å². The van der Waals surface area contributed by atoms with Gasteiger partial charge in [-0.2, -0.15) is 24.4 Å². The molecule has 0 aromatic carbocycles. The third-order valence-electron chi connectivity index (χ3n) is 0.289. The predicted octanol–water partition coefficient (Wildman–Crippen LogP) is 2.94. The van der Waals surface area contributed by atoms with Crippen molar-refractivity contribution in [2.45, 2.75) is 21.3 Å². The smallest absolute Gasteiger partial charge is 0.00988 e. The summed E-state index contributed by atoms with van der Waals surface area (Å²) in [6.07, 6.45) is 2.10. The van der Waals surface area contributed by atoms with E-state index in [0.717, 1.165) is 5.75 Å². The van der Waals surface area contributed by atoms with Crippen molar-refractivity contribution in [3.8, 4) is 0 Å². The molecule has 0 aliphatic rings. The lowest BCUT2D eigenvalue weighted by Gasteiger charge is -1.69. The van der Waals surface area contributed by atoms with Crippen LogP contribution in [0, 0.1) is 0 Å². The molecule has 54 valence electrons. The van der Waals surface area contributed by atoms with Crippen LogP contribution >= 0.6 is 24.4 Å². The largest absolute Gasteiger partial charge is 0.180 e. The molecule has 0 saturated heterocycles. The Hall–Kier alpha value is 0.700. The number of hydrogen-bond donors (Lipinski definition) is 1. The summed E-state index contributed by atoms with van der Waals surface area (Å²) < 4.78 is 0. The van der Waals surface area contributed by atoms with Gasteiger partial charge < -0.3 is 0 Å². The second kappa shape index (κ2) is 25.2. The maximum atomic E-state index is 3.79. The molecule has 0 nitrogen and oxygen atoms in total. The summed E-state index contributed by atoms with van der Waals surface area (Å²) in [5, 5.41) is 0. The number of hydrogen-bond acceptors (Lipinski definition) is 2. The van der Waals surface area contributed by atoms with Crippen LogP contribution in [0.5, 0.6) is 0 Å². The topological polar surface area (TPSA) is 0 Å². The molecule has 0 N–H and O–H groups in total. The minimum atomic E-state index is 0. The van der Waals surface area contributed by atoms with E-state index in [2.05, 4.69) is 25.8 Å². The average molecular weight is 154 g/mol. The molecule has 0 heterocycles. The maximum absolute atomic E-state index is 3.79. The van der Waals surface area contributed by atoms with Gasteiger partial charge in [-0.15, -0.1) is 0 Å². The van der Waals surface area contributed by atoms with E-state index in [-0.39, 0.29) is 7.43 Å². The molecule has 0 atom stereocenters. The van der Waals surface area contributed by atoms with E-state index < -0.39 is 0 Å². The first-order chi connectivity index (χ1) is 3.33. The van der Waals surface area contributed by atoms with E-state index in [1.165, 1.54) is 5.75 Å². The van der Waals surface area contributed by atoms with Crippen molar-refractivity contribution < 1.29 is 0 Å². The van der Waals surface area contributed by atoms with Crippen LogP contribution in [-0.2, 0) is 0 Å². The summed E-state index contributed by atoms with van der Waals surface area (Å²) in [7, 11) is 0. The Morgan fingerprint density at radius 2 is 1.50 bits per heavy atom. The summed E-state index contributed by atoms with van der Waals surface area (Å²) in [6, 6.07) is 0. The summed E-state index contributed by atoms with van der Waals surface area (Å²) in [6.45, 7) is 4.13. The Morgan fingerprint density at radius 1 is 1.38 bits per heavy atom. The average Bonchev–Trinajstić information content (AvgIpc) is 1.69. The van der Waals surface area contributed by atoms with Gasteiger partial charge in [0, 0.05) is 0 Å². The monoisotopic (exact) mass is 154 g/mol. The van der Waals surface area contributed by atoms with Crippen LogP contribution in [-0.4, -0.2) is 17.8 Å². The van der Waals surface area contributed by atoms with Crippen molar-refractivity contribution >= 4 is 24.4 Å². The lowest BCUT2D eigenvalue weighted by molar-refractivity contribution is 1.53. The minimum absolute atomic E-state index is 0. The summed E-state index contributed by atoms with van der Waals surface area (Å²) in [5.41, 5.74) is 0. The number of rotatable bonds is 1. The fourth-order valence-electron chi connectivity index (χ4n) is 0. The van der Waals surface area contributed by atoms with E-state index in [1.54, 1.807) is 0 Å². The van der Waals surface area contributed by atoms with E-state index in [0.29, 0.717) is 0 Å². The quantitative estimate of drug-likeness (QED) is 0.567. The zero-order valence-electron chi connectivity index (χ0n) is 5.27. The van der Waals surface area contributed by atoms with Crippen molar-refractivity contribution in [2.24, 2.45) is 0 Å². The molecule has 0 amide bonds. The Kier molecular flexibility index (Phi) is 50.1. The Morgan fingerprint density at radius 3 is 1.50 bits per heavy atom. The summed E-state index contributed by atoms with van der Waals surface area (Å²) >= 11 is 5.65.